The molecule has 0 unspecified atom stereocenters. The Hall–Kier alpha value is -8.07. The molecule has 0 aliphatic heterocycles. The zero-order valence-electron chi connectivity index (χ0n) is 31.7. The van der Waals surface area contributed by atoms with Crippen LogP contribution < -0.4 is 0 Å². The number of hydrogen-bond acceptors (Lipinski definition) is 6. The first-order valence-corrected chi connectivity index (χ1v) is 18.8. The van der Waals surface area contributed by atoms with Gasteiger partial charge in [-0.15, -0.1) is 0 Å². The summed E-state index contributed by atoms with van der Waals surface area (Å²) in [5.74, 6) is -11.4. The Morgan fingerprint density at radius 2 is 0.508 bits per heavy atom. The Bertz CT molecular complexity index is 3100. The molecule has 0 bridgehead atoms. The first-order chi connectivity index (χ1) is 30.4. The van der Waals surface area contributed by atoms with Crippen molar-refractivity contribution in [2.24, 2.45) is 0 Å². The molecule has 3 heterocycles. The molecule has 63 heavy (non-hydrogen) atoms. The Morgan fingerprint density at radius 1 is 0.270 bits per heavy atom. The second-order valence-corrected chi connectivity index (χ2v) is 14.3. The summed E-state index contributed by atoms with van der Waals surface area (Å²) in [5.41, 5.74) is -1.71. The van der Waals surface area contributed by atoms with Gasteiger partial charge in [0.25, 0.3) is 0 Å². The standard InChI is InChI=1S/C48H21F9N6/c49-25-16-31(52)40(32(53)17-25)43-28-7-1-4-10-37(28)58-46(61-43)22-13-23(47-59-38-11-5-2-8-29(38)44(62-47)41-33(54)18-26(50)19-34(41)55)15-24(14-22)48-60-39-12-6-3-9-30(39)45(63-48)42-35(56)20-27(51)21-36(42)57/h1-21H. The average Bonchev–Trinajstić information content (AvgIpc) is 3.25. The maximum atomic E-state index is 15.5. The highest BCUT2D eigenvalue weighted by Gasteiger charge is 2.25. The number of nitrogens with zero attached hydrogens (tertiary/aromatic N) is 6. The molecule has 0 saturated heterocycles. The van der Waals surface area contributed by atoms with Gasteiger partial charge < -0.3 is 0 Å². The molecule has 0 aliphatic rings. The molecule has 6 nitrogen and oxygen atoms in total. The lowest BCUT2D eigenvalue weighted by molar-refractivity contribution is 0.546. The van der Waals surface area contributed by atoms with Crippen LogP contribution in [0, 0.1) is 52.4 Å². The van der Waals surface area contributed by atoms with Crippen molar-refractivity contribution in [1.29, 1.82) is 0 Å². The monoisotopic (exact) mass is 852 g/mol. The van der Waals surface area contributed by atoms with Gasteiger partial charge in [-0.05, 0) is 36.4 Å². The Labute approximate surface area is 349 Å². The summed E-state index contributed by atoms with van der Waals surface area (Å²) in [7, 11) is 0. The predicted molar refractivity (Wildman–Crippen MR) is 218 cm³/mol. The number of fused-ring (bicyclic) bond motifs is 3. The number of rotatable bonds is 6. The molecule has 0 saturated carbocycles. The smallest absolute Gasteiger partial charge is 0.160 e. The molecule has 10 rings (SSSR count). The zero-order valence-corrected chi connectivity index (χ0v) is 31.7. The summed E-state index contributed by atoms with van der Waals surface area (Å²) in [6.45, 7) is 0. The maximum absolute atomic E-state index is 15.5. The van der Waals surface area contributed by atoms with E-state index in [1.807, 2.05) is 0 Å². The highest BCUT2D eigenvalue weighted by Crippen LogP contribution is 2.39. The molecule has 0 N–H and O–H groups in total. The van der Waals surface area contributed by atoms with Crippen molar-refractivity contribution < 1.29 is 39.5 Å². The lowest BCUT2D eigenvalue weighted by Crippen LogP contribution is -2.02. The summed E-state index contributed by atoms with van der Waals surface area (Å²) in [5, 5.41) is 0.622. The fourth-order valence-corrected chi connectivity index (χ4v) is 7.51. The van der Waals surface area contributed by atoms with E-state index < -0.39 is 69.0 Å². The van der Waals surface area contributed by atoms with Crippen molar-refractivity contribution in [3.05, 3.63) is 180 Å². The van der Waals surface area contributed by atoms with E-state index in [9.17, 15) is 13.2 Å². The number of hydrogen-bond donors (Lipinski definition) is 0. The Kier molecular flexibility index (Phi) is 9.39. The van der Waals surface area contributed by atoms with Crippen LogP contribution >= 0.6 is 0 Å². The third-order valence-corrected chi connectivity index (χ3v) is 10.2. The lowest BCUT2D eigenvalue weighted by Gasteiger charge is -2.15. The van der Waals surface area contributed by atoms with E-state index in [2.05, 4.69) is 15.0 Å². The first kappa shape index (κ1) is 39.1. The molecule has 0 amide bonds. The van der Waals surface area contributed by atoms with E-state index in [4.69, 9.17) is 15.0 Å². The van der Waals surface area contributed by atoms with Gasteiger partial charge in [-0.2, -0.15) is 0 Å². The molecule has 306 valence electrons. The topological polar surface area (TPSA) is 77.3 Å². The third-order valence-electron chi connectivity index (χ3n) is 10.2. The fraction of sp³-hybridized carbons (Fsp3) is 0. The van der Waals surface area contributed by atoms with Crippen LogP contribution in [0.4, 0.5) is 39.5 Å². The highest BCUT2D eigenvalue weighted by atomic mass is 19.2. The number of halogens is 9. The molecule has 0 spiro atoms. The molecule has 0 radical (unpaired) electrons. The van der Waals surface area contributed by atoms with Gasteiger partial charge in [0.2, 0.25) is 0 Å². The summed E-state index contributed by atoms with van der Waals surface area (Å²) in [6, 6.07) is 26.4. The molecule has 3 aromatic heterocycles. The van der Waals surface area contributed by atoms with Crippen molar-refractivity contribution in [2.75, 3.05) is 0 Å². The van der Waals surface area contributed by atoms with Crippen LogP contribution in [0.2, 0.25) is 0 Å². The summed E-state index contributed by atoms with van der Waals surface area (Å²) >= 11 is 0. The second kappa shape index (κ2) is 15.1. The van der Waals surface area contributed by atoms with E-state index in [0.29, 0.717) is 36.4 Å². The fourth-order valence-electron chi connectivity index (χ4n) is 7.51. The summed E-state index contributed by atoms with van der Waals surface area (Å²) in [6.07, 6.45) is 0. The highest BCUT2D eigenvalue weighted by molar-refractivity contribution is 5.97. The van der Waals surface area contributed by atoms with Gasteiger partial charge in [-0.3, -0.25) is 0 Å². The molecule has 7 aromatic carbocycles. The number of aromatic nitrogens is 6. The van der Waals surface area contributed by atoms with Crippen molar-refractivity contribution in [3.8, 4) is 67.9 Å². The van der Waals surface area contributed by atoms with E-state index in [1.165, 1.54) is 36.4 Å². The minimum atomic E-state index is -1.24. The van der Waals surface area contributed by atoms with E-state index >= 15 is 26.3 Å². The normalized spacial score (nSPS) is 11.6. The molecule has 15 heteroatoms. The number of benzene rings is 7. The van der Waals surface area contributed by atoms with Crippen molar-refractivity contribution >= 4 is 32.7 Å². The number of para-hydroxylation sites is 3. The summed E-state index contributed by atoms with van der Waals surface area (Å²) < 4.78 is 135. The Balaban J connectivity index is 1.28. The zero-order chi connectivity index (χ0) is 43.7. The molecular weight excluding hydrogens is 832 g/mol. The minimum absolute atomic E-state index is 0.104. The van der Waals surface area contributed by atoms with Crippen molar-refractivity contribution in [1.82, 2.24) is 29.9 Å². The van der Waals surface area contributed by atoms with Crippen LogP contribution in [0.5, 0.6) is 0 Å². The van der Waals surface area contributed by atoms with Crippen molar-refractivity contribution in [3.63, 3.8) is 0 Å². The van der Waals surface area contributed by atoms with Crippen LogP contribution in [0.15, 0.2) is 127 Å². The van der Waals surface area contributed by atoms with Gasteiger partial charge in [0, 0.05) is 69.2 Å². The van der Waals surface area contributed by atoms with Gasteiger partial charge in [0.05, 0.1) is 50.3 Å². The van der Waals surface area contributed by atoms with E-state index in [-0.39, 0.29) is 84.0 Å². The lowest BCUT2D eigenvalue weighted by atomic mass is 10.00. The largest absolute Gasteiger partial charge is 0.228 e. The maximum Gasteiger partial charge on any atom is 0.160 e. The van der Waals surface area contributed by atoms with Gasteiger partial charge in [0.1, 0.15) is 52.4 Å². The first-order valence-electron chi connectivity index (χ1n) is 18.8. The molecule has 0 aliphatic carbocycles. The molecular formula is C48H21F9N6. The molecule has 0 fully saturated rings. The van der Waals surface area contributed by atoms with Gasteiger partial charge in [0.15, 0.2) is 17.5 Å². The van der Waals surface area contributed by atoms with Gasteiger partial charge >= 0.3 is 0 Å². The molecule has 10 aromatic rings. The van der Waals surface area contributed by atoms with Crippen LogP contribution in [-0.4, -0.2) is 29.9 Å². The quantitative estimate of drug-likeness (QED) is 0.155. The average molecular weight is 853 g/mol. The van der Waals surface area contributed by atoms with Crippen LogP contribution in [0.1, 0.15) is 0 Å². The van der Waals surface area contributed by atoms with Crippen LogP contribution in [-0.2, 0) is 0 Å². The third kappa shape index (κ3) is 6.92. The summed E-state index contributed by atoms with van der Waals surface area (Å²) in [4.78, 5) is 27.8. The SMILES string of the molecule is Fc1cc(F)c(-c2nc(-c3cc(-c4nc(-c5c(F)cc(F)cc5F)c5ccccc5n4)cc(-c4nc(-c5c(F)cc(F)cc5F)c5ccccc5n4)c3)nc3ccccc23)c(F)c1. The van der Waals surface area contributed by atoms with E-state index in [1.54, 1.807) is 54.6 Å². The van der Waals surface area contributed by atoms with Crippen molar-refractivity contribution in [2.45, 2.75) is 0 Å². The van der Waals surface area contributed by atoms with Gasteiger partial charge in [-0.1, -0.05) is 54.6 Å². The van der Waals surface area contributed by atoms with E-state index in [0.717, 1.165) is 0 Å². The van der Waals surface area contributed by atoms with Crippen LogP contribution in [0.3, 0.4) is 0 Å². The van der Waals surface area contributed by atoms with Crippen LogP contribution in [0.25, 0.3) is 101 Å². The predicted octanol–water partition coefficient (Wildman–Crippen LogP) is 12.8. The Morgan fingerprint density at radius 3 is 0.762 bits per heavy atom. The second-order valence-electron chi connectivity index (χ2n) is 14.3. The van der Waals surface area contributed by atoms with Gasteiger partial charge in [-0.25, -0.2) is 69.4 Å². The molecule has 0 atom stereocenters. The minimum Gasteiger partial charge on any atom is -0.228 e.